The standard InChI is InChI=1S/C12H15ClO2/c1-8-5-6-10(9(2)7-8)15-12(3,4)11(13)14/h5-7H,1-4H3. The van der Waals surface area contributed by atoms with Crippen LogP contribution in [-0.4, -0.2) is 10.8 Å². The topological polar surface area (TPSA) is 26.3 Å². The van der Waals surface area contributed by atoms with E-state index in [-0.39, 0.29) is 0 Å². The van der Waals surface area contributed by atoms with E-state index in [0.29, 0.717) is 5.75 Å². The monoisotopic (exact) mass is 226 g/mol. The molecule has 0 unspecified atom stereocenters. The number of ether oxygens (including phenoxy) is 1. The Morgan fingerprint density at radius 2 is 1.93 bits per heavy atom. The van der Waals surface area contributed by atoms with E-state index >= 15 is 0 Å². The van der Waals surface area contributed by atoms with Gasteiger partial charge in [-0.15, -0.1) is 0 Å². The average molecular weight is 227 g/mol. The molecule has 2 nitrogen and oxygen atoms in total. The van der Waals surface area contributed by atoms with E-state index in [1.165, 1.54) is 0 Å². The van der Waals surface area contributed by atoms with Gasteiger partial charge in [0, 0.05) is 0 Å². The fraction of sp³-hybridized carbons (Fsp3) is 0.417. The van der Waals surface area contributed by atoms with Crippen LogP contribution in [0.5, 0.6) is 5.75 Å². The summed E-state index contributed by atoms with van der Waals surface area (Å²) in [5.74, 6) is 0.694. The van der Waals surface area contributed by atoms with Crippen LogP contribution in [0.1, 0.15) is 25.0 Å². The normalized spacial score (nSPS) is 11.3. The highest BCUT2D eigenvalue weighted by molar-refractivity contribution is 6.65. The average Bonchev–Trinajstić information content (AvgIpc) is 2.09. The second-order valence-corrected chi connectivity index (χ2v) is 4.50. The Hall–Kier alpha value is -1.02. The van der Waals surface area contributed by atoms with Crippen LogP contribution in [0.15, 0.2) is 18.2 Å². The second kappa shape index (κ2) is 4.23. The van der Waals surface area contributed by atoms with E-state index < -0.39 is 10.8 Å². The summed E-state index contributed by atoms with van der Waals surface area (Å²) >= 11 is 5.44. The maximum atomic E-state index is 11.1. The fourth-order valence-electron chi connectivity index (χ4n) is 1.23. The molecule has 1 aromatic rings. The SMILES string of the molecule is Cc1ccc(OC(C)(C)C(=O)Cl)c(C)c1. The fourth-order valence-corrected chi connectivity index (χ4v) is 1.27. The molecule has 0 aliphatic heterocycles. The zero-order chi connectivity index (χ0) is 11.6. The third-order valence-electron chi connectivity index (χ3n) is 2.17. The summed E-state index contributed by atoms with van der Waals surface area (Å²) in [7, 11) is 0. The van der Waals surface area contributed by atoms with Crippen LogP contribution in [0.3, 0.4) is 0 Å². The number of benzene rings is 1. The Bertz CT molecular complexity index is 383. The highest BCUT2D eigenvalue weighted by atomic mass is 35.5. The van der Waals surface area contributed by atoms with E-state index in [9.17, 15) is 4.79 Å². The van der Waals surface area contributed by atoms with E-state index in [4.69, 9.17) is 16.3 Å². The number of hydrogen-bond acceptors (Lipinski definition) is 2. The first kappa shape index (κ1) is 12.1. The quantitative estimate of drug-likeness (QED) is 0.740. The van der Waals surface area contributed by atoms with Crippen molar-refractivity contribution in [2.24, 2.45) is 0 Å². The summed E-state index contributed by atoms with van der Waals surface area (Å²) in [6.45, 7) is 7.26. The van der Waals surface area contributed by atoms with Gasteiger partial charge in [-0.05, 0) is 50.9 Å². The minimum atomic E-state index is -0.985. The summed E-state index contributed by atoms with van der Waals surface area (Å²) in [4.78, 5) is 11.1. The predicted molar refractivity (Wildman–Crippen MR) is 61.5 cm³/mol. The minimum absolute atomic E-state index is 0.498. The van der Waals surface area contributed by atoms with Crippen molar-refractivity contribution in [3.8, 4) is 5.75 Å². The number of halogens is 1. The van der Waals surface area contributed by atoms with E-state index in [0.717, 1.165) is 11.1 Å². The molecular formula is C12H15ClO2. The molecule has 0 bridgehead atoms. The Balaban J connectivity index is 2.95. The smallest absolute Gasteiger partial charge is 0.264 e. The van der Waals surface area contributed by atoms with Crippen molar-refractivity contribution in [3.05, 3.63) is 29.3 Å². The van der Waals surface area contributed by atoms with Gasteiger partial charge in [0.05, 0.1) is 0 Å². The number of carbonyl (C=O) groups is 1. The molecule has 0 spiro atoms. The maximum Gasteiger partial charge on any atom is 0.264 e. The first-order valence-corrected chi connectivity index (χ1v) is 5.17. The van der Waals surface area contributed by atoms with E-state index in [1.54, 1.807) is 13.8 Å². The Morgan fingerprint density at radius 1 is 1.33 bits per heavy atom. The highest BCUT2D eigenvalue weighted by Crippen LogP contribution is 2.24. The van der Waals surface area contributed by atoms with Gasteiger partial charge in [0.1, 0.15) is 5.75 Å². The molecule has 0 aliphatic carbocycles. The van der Waals surface area contributed by atoms with E-state index in [1.807, 2.05) is 32.0 Å². The maximum absolute atomic E-state index is 11.1. The molecule has 0 saturated carbocycles. The molecule has 1 aromatic carbocycles. The molecular weight excluding hydrogens is 212 g/mol. The molecule has 0 radical (unpaired) electrons. The molecule has 15 heavy (non-hydrogen) atoms. The van der Waals surface area contributed by atoms with Gasteiger partial charge in [-0.1, -0.05) is 17.7 Å². The third-order valence-corrected chi connectivity index (χ3v) is 2.62. The van der Waals surface area contributed by atoms with Crippen LogP contribution < -0.4 is 4.74 Å². The zero-order valence-corrected chi connectivity index (χ0v) is 10.2. The first-order valence-electron chi connectivity index (χ1n) is 4.79. The highest BCUT2D eigenvalue weighted by Gasteiger charge is 2.28. The van der Waals surface area contributed by atoms with Crippen LogP contribution in [0.25, 0.3) is 0 Å². The van der Waals surface area contributed by atoms with Gasteiger partial charge in [0.25, 0.3) is 5.24 Å². The number of aryl methyl sites for hydroxylation is 2. The van der Waals surface area contributed by atoms with Crippen LogP contribution in [0.2, 0.25) is 0 Å². The summed E-state index contributed by atoms with van der Waals surface area (Å²) in [6, 6.07) is 5.80. The lowest BCUT2D eigenvalue weighted by atomic mass is 10.1. The van der Waals surface area contributed by atoms with Crippen LogP contribution in [-0.2, 0) is 4.79 Å². The summed E-state index contributed by atoms with van der Waals surface area (Å²) in [6.07, 6.45) is 0. The largest absolute Gasteiger partial charge is 0.478 e. The molecule has 1 rings (SSSR count). The van der Waals surface area contributed by atoms with Gasteiger partial charge in [-0.25, -0.2) is 0 Å². The lowest BCUT2D eigenvalue weighted by Gasteiger charge is -2.23. The Morgan fingerprint density at radius 3 is 2.40 bits per heavy atom. The molecule has 0 N–H and O–H groups in total. The van der Waals surface area contributed by atoms with Crippen molar-refractivity contribution in [1.82, 2.24) is 0 Å². The summed E-state index contributed by atoms with van der Waals surface area (Å²) < 4.78 is 5.57. The number of rotatable bonds is 3. The van der Waals surface area contributed by atoms with Gasteiger partial charge in [0.15, 0.2) is 5.60 Å². The Kier molecular flexibility index (Phi) is 3.40. The molecule has 82 valence electrons. The van der Waals surface area contributed by atoms with Crippen molar-refractivity contribution in [3.63, 3.8) is 0 Å². The molecule has 3 heteroatoms. The molecule has 0 atom stereocenters. The third kappa shape index (κ3) is 2.96. The second-order valence-electron chi connectivity index (χ2n) is 4.16. The van der Waals surface area contributed by atoms with Crippen molar-refractivity contribution in [2.45, 2.75) is 33.3 Å². The Labute approximate surface area is 95.2 Å². The van der Waals surface area contributed by atoms with Gasteiger partial charge >= 0.3 is 0 Å². The van der Waals surface area contributed by atoms with Gasteiger partial charge in [-0.2, -0.15) is 0 Å². The van der Waals surface area contributed by atoms with Crippen LogP contribution >= 0.6 is 11.6 Å². The van der Waals surface area contributed by atoms with Crippen molar-refractivity contribution >= 4 is 16.8 Å². The summed E-state index contributed by atoms with van der Waals surface area (Å²) in [5.41, 5.74) is 1.18. The first-order chi connectivity index (χ1) is 6.83. The van der Waals surface area contributed by atoms with Gasteiger partial charge < -0.3 is 4.74 Å². The molecule has 0 amide bonds. The van der Waals surface area contributed by atoms with Crippen LogP contribution in [0.4, 0.5) is 0 Å². The van der Waals surface area contributed by atoms with Crippen molar-refractivity contribution < 1.29 is 9.53 Å². The summed E-state index contributed by atoms with van der Waals surface area (Å²) in [5, 5.41) is -0.498. The molecule has 0 heterocycles. The van der Waals surface area contributed by atoms with Gasteiger partial charge in [0.2, 0.25) is 0 Å². The molecule has 0 aromatic heterocycles. The zero-order valence-electron chi connectivity index (χ0n) is 9.43. The molecule has 0 aliphatic rings. The lowest BCUT2D eigenvalue weighted by Crippen LogP contribution is -2.35. The number of carbonyl (C=O) groups excluding carboxylic acids is 1. The van der Waals surface area contributed by atoms with Crippen molar-refractivity contribution in [2.75, 3.05) is 0 Å². The van der Waals surface area contributed by atoms with Crippen LogP contribution in [0, 0.1) is 13.8 Å². The van der Waals surface area contributed by atoms with E-state index in [2.05, 4.69) is 0 Å². The number of hydrogen-bond donors (Lipinski definition) is 0. The molecule has 0 saturated heterocycles. The molecule has 0 fully saturated rings. The lowest BCUT2D eigenvalue weighted by molar-refractivity contribution is -0.123. The minimum Gasteiger partial charge on any atom is -0.478 e. The van der Waals surface area contributed by atoms with Gasteiger partial charge in [-0.3, -0.25) is 4.79 Å². The van der Waals surface area contributed by atoms with Crippen molar-refractivity contribution in [1.29, 1.82) is 0 Å². The predicted octanol–water partition coefficient (Wildman–Crippen LogP) is 3.23.